The fourth-order valence-corrected chi connectivity index (χ4v) is 2.76. The fourth-order valence-electron chi connectivity index (χ4n) is 2.53. The van der Waals surface area contributed by atoms with Crippen molar-refractivity contribution in [3.63, 3.8) is 0 Å². The first-order chi connectivity index (χ1) is 11.3. The van der Waals surface area contributed by atoms with E-state index in [0.717, 1.165) is 32.1 Å². The maximum atomic E-state index is 11.9. The average molecular weight is 341 g/mol. The molecule has 1 rings (SSSR count). The van der Waals surface area contributed by atoms with Crippen molar-refractivity contribution < 1.29 is 9.18 Å². The van der Waals surface area contributed by atoms with E-state index in [4.69, 9.17) is 12.2 Å². The Kier molecular flexibility index (Phi) is 11.4. The molecule has 0 spiro atoms. The van der Waals surface area contributed by atoms with Gasteiger partial charge >= 0.3 is 0 Å². The highest BCUT2D eigenvalue weighted by Crippen LogP contribution is 2.10. The molecule has 1 aromatic heterocycles. The summed E-state index contributed by atoms with van der Waals surface area (Å²) in [4.78, 5) is 14.8. The number of carbonyl (C=O) groups is 1. The Labute approximate surface area is 144 Å². The number of H-pyrrole nitrogens is 1. The molecule has 0 unspecified atom stereocenters. The second kappa shape index (κ2) is 13.2. The molecular formula is C18H29FN2OS. The lowest BCUT2D eigenvalue weighted by atomic mass is 10.1. The van der Waals surface area contributed by atoms with Crippen LogP contribution < -0.4 is 5.32 Å². The number of rotatable bonds is 13. The molecule has 1 heterocycles. The number of hydrogen-bond donors (Lipinski definition) is 2. The summed E-state index contributed by atoms with van der Waals surface area (Å²) in [5, 5.41) is 2.91. The summed E-state index contributed by atoms with van der Waals surface area (Å²) < 4.78 is 12.4. The highest BCUT2D eigenvalue weighted by molar-refractivity contribution is 7.71. The topological polar surface area (TPSA) is 44.9 Å². The van der Waals surface area contributed by atoms with Gasteiger partial charge in [0.05, 0.1) is 12.2 Å². The molecule has 0 atom stereocenters. The van der Waals surface area contributed by atoms with Gasteiger partial charge in [-0.3, -0.25) is 9.18 Å². The van der Waals surface area contributed by atoms with Gasteiger partial charge in [-0.25, -0.2) is 0 Å². The number of alkyl halides is 1. The molecule has 0 aromatic carbocycles. The largest absolute Gasteiger partial charge is 0.352 e. The van der Waals surface area contributed by atoms with E-state index in [1.165, 1.54) is 32.1 Å². The van der Waals surface area contributed by atoms with Gasteiger partial charge in [0.2, 0.25) is 0 Å². The number of aromatic amines is 1. The predicted octanol–water partition coefficient (Wildman–Crippen LogP) is 5.34. The van der Waals surface area contributed by atoms with Crippen molar-refractivity contribution in [2.24, 2.45) is 0 Å². The molecule has 1 aromatic rings. The molecular weight excluding hydrogens is 311 g/mol. The van der Waals surface area contributed by atoms with E-state index in [0.29, 0.717) is 16.7 Å². The number of hydrogen-bond acceptors (Lipinski definition) is 2. The van der Waals surface area contributed by atoms with Crippen molar-refractivity contribution in [3.8, 4) is 0 Å². The standard InChI is InChI=1S/C18H29FN2OS/c19-13-9-7-5-3-1-2-4-6-8-10-14-20-17(22)16-12-11-15-21-18(16)23/h11-12,15H,1-10,13-14H2,(H,20,22)(H,21,23). The van der Waals surface area contributed by atoms with Gasteiger partial charge in [-0.1, -0.05) is 63.6 Å². The van der Waals surface area contributed by atoms with Crippen LogP contribution in [0.15, 0.2) is 18.3 Å². The van der Waals surface area contributed by atoms with Crippen molar-refractivity contribution >= 4 is 18.1 Å². The first-order valence-electron chi connectivity index (χ1n) is 8.77. The van der Waals surface area contributed by atoms with Crippen molar-refractivity contribution in [2.45, 2.75) is 64.2 Å². The molecule has 23 heavy (non-hydrogen) atoms. The highest BCUT2D eigenvalue weighted by Gasteiger charge is 2.05. The zero-order chi connectivity index (χ0) is 16.8. The van der Waals surface area contributed by atoms with Crippen LogP contribution in [0.2, 0.25) is 0 Å². The van der Waals surface area contributed by atoms with Crippen molar-refractivity contribution in [2.75, 3.05) is 13.2 Å². The van der Waals surface area contributed by atoms with Gasteiger partial charge in [0.1, 0.15) is 4.64 Å². The zero-order valence-electron chi connectivity index (χ0n) is 13.9. The normalized spacial score (nSPS) is 10.7. The summed E-state index contributed by atoms with van der Waals surface area (Å²) in [5.41, 5.74) is 0.537. The minimum atomic E-state index is -0.174. The molecule has 2 N–H and O–H groups in total. The molecule has 0 aliphatic heterocycles. The van der Waals surface area contributed by atoms with Gasteiger partial charge in [-0.2, -0.15) is 0 Å². The van der Waals surface area contributed by atoms with Crippen LogP contribution in [0.4, 0.5) is 4.39 Å². The number of carbonyl (C=O) groups excluding carboxylic acids is 1. The maximum Gasteiger partial charge on any atom is 0.254 e. The number of aromatic nitrogens is 1. The van der Waals surface area contributed by atoms with Crippen LogP contribution in [0.25, 0.3) is 0 Å². The molecule has 0 fully saturated rings. The molecule has 0 bridgehead atoms. The van der Waals surface area contributed by atoms with E-state index in [1.54, 1.807) is 18.3 Å². The van der Waals surface area contributed by atoms with Gasteiger partial charge < -0.3 is 10.3 Å². The van der Waals surface area contributed by atoms with E-state index < -0.39 is 0 Å². The monoisotopic (exact) mass is 340 g/mol. The number of unbranched alkanes of at least 4 members (excludes halogenated alkanes) is 9. The van der Waals surface area contributed by atoms with Crippen LogP contribution >= 0.6 is 12.2 Å². The Bertz CT molecular complexity index is 490. The summed E-state index contributed by atoms with van der Waals surface area (Å²) in [6, 6.07) is 3.52. The number of amides is 1. The Morgan fingerprint density at radius 3 is 2.13 bits per heavy atom. The van der Waals surface area contributed by atoms with E-state index in [9.17, 15) is 9.18 Å². The number of nitrogens with one attached hydrogen (secondary N) is 2. The van der Waals surface area contributed by atoms with Gasteiger partial charge in [-0.05, 0) is 25.0 Å². The van der Waals surface area contributed by atoms with E-state index in [2.05, 4.69) is 10.3 Å². The van der Waals surface area contributed by atoms with Crippen LogP contribution in [-0.4, -0.2) is 24.1 Å². The number of halogens is 1. The summed E-state index contributed by atoms with van der Waals surface area (Å²) in [7, 11) is 0. The third kappa shape index (κ3) is 9.49. The smallest absolute Gasteiger partial charge is 0.254 e. The van der Waals surface area contributed by atoms with Gasteiger partial charge in [0.15, 0.2) is 0 Å². The first kappa shape index (κ1) is 19.8. The molecule has 0 aliphatic carbocycles. The maximum absolute atomic E-state index is 11.9. The first-order valence-corrected chi connectivity index (χ1v) is 9.18. The molecule has 0 aliphatic rings. The zero-order valence-corrected chi connectivity index (χ0v) is 14.7. The van der Waals surface area contributed by atoms with Gasteiger partial charge in [-0.15, -0.1) is 0 Å². The summed E-state index contributed by atoms with van der Waals surface area (Å²) in [6.45, 7) is 0.526. The van der Waals surface area contributed by atoms with Crippen LogP contribution in [0, 0.1) is 4.64 Å². The van der Waals surface area contributed by atoms with Gasteiger partial charge in [0.25, 0.3) is 5.91 Å². The third-order valence-electron chi connectivity index (χ3n) is 3.91. The molecule has 0 saturated heterocycles. The highest BCUT2D eigenvalue weighted by atomic mass is 32.1. The molecule has 0 saturated carbocycles. The molecule has 130 valence electrons. The Morgan fingerprint density at radius 1 is 1.00 bits per heavy atom. The quantitative estimate of drug-likeness (QED) is 0.376. The van der Waals surface area contributed by atoms with Crippen LogP contribution in [0.5, 0.6) is 0 Å². The Hall–Kier alpha value is -1.23. The second-order valence-electron chi connectivity index (χ2n) is 5.89. The average Bonchev–Trinajstić information content (AvgIpc) is 2.56. The molecule has 0 radical (unpaired) electrons. The van der Waals surface area contributed by atoms with Crippen LogP contribution in [0.3, 0.4) is 0 Å². The summed E-state index contributed by atoms with van der Waals surface area (Å²) in [6.07, 6.45) is 13.0. The molecule has 1 amide bonds. The molecule has 5 heteroatoms. The lowest BCUT2D eigenvalue weighted by Gasteiger charge is -2.05. The SMILES string of the molecule is O=C(NCCCCCCCCCCCCF)c1ccc[nH]c1=S. The van der Waals surface area contributed by atoms with Crippen molar-refractivity contribution in [1.82, 2.24) is 10.3 Å². The summed E-state index contributed by atoms with van der Waals surface area (Å²) in [5.74, 6) is -0.0971. The van der Waals surface area contributed by atoms with Crippen molar-refractivity contribution in [1.29, 1.82) is 0 Å². The lowest BCUT2D eigenvalue weighted by molar-refractivity contribution is 0.0952. The molecule has 3 nitrogen and oxygen atoms in total. The number of pyridine rings is 1. The third-order valence-corrected chi connectivity index (χ3v) is 4.25. The fraction of sp³-hybridized carbons (Fsp3) is 0.667. The summed E-state index contributed by atoms with van der Waals surface area (Å²) >= 11 is 5.09. The Balaban J connectivity index is 1.93. The van der Waals surface area contributed by atoms with E-state index in [-0.39, 0.29) is 12.6 Å². The van der Waals surface area contributed by atoms with Gasteiger partial charge in [0, 0.05) is 12.7 Å². The van der Waals surface area contributed by atoms with Crippen molar-refractivity contribution in [3.05, 3.63) is 28.5 Å². The lowest BCUT2D eigenvalue weighted by Crippen LogP contribution is -2.24. The minimum absolute atomic E-state index is 0.0971. The minimum Gasteiger partial charge on any atom is -0.352 e. The van der Waals surface area contributed by atoms with E-state index >= 15 is 0 Å². The second-order valence-corrected chi connectivity index (χ2v) is 6.30. The van der Waals surface area contributed by atoms with E-state index in [1.807, 2.05) is 0 Å². The predicted molar refractivity (Wildman–Crippen MR) is 96.1 cm³/mol. The van der Waals surface area contributed by atoms with Crippen LogP contribution in [-0.2, 0) is 0 Å². The van der Waals surface area contributed by atoms with Crippen LogP contribution in [0.1, 0.15) is 74.6 Å². The Morgan fingerprint density at radius 2 is 1.57 bits per heavy atom.